The minimum atomic E-state index is -0.426. The molecule has 0 spiro atoms. The number of hydrogen-bond donors (Lipinski definition) is 2. The lowest BCUT2D eigenvalue weighted by Gasteiger charge is -2.10. The molecule has 2 N–H and O–H groups in total. The molecule has 0 fully saturated rings. The summed E-state index contributed by atoms with van der Waals surface area (Å²) in [5, 5.41) is 16.9. The summed E-state index contributed by atoms with van der Waals surface area (Å²) in [5.74, 6) is -0.426. The zero-order valence-electron chi connectivity index (χ0n) is 19.5. The maximum absolute atomic E-state index is 12.9. The number of anilines is 1. The summed E-state index contributed by atoms with van der Waals surface area (Å²) in [6, 6.07) is 16.9. The number of halogens is 3. The van der Waals surface area contributed by atoms with Crippen molar-refractivity contribution in [1.82, 2.24) is 20.3 Å². The SMILES string of the molecule is CCCCc1ccc(-n2nc3cc(Cl)c(NC(=S)NC(=O)c4sc5cc(Cl)ccc5c4Cl)cc3n2)cc1. The average Bonchev–Trinajstić information content (AvgIpc) is 3.43. The number of aryl methyl sites for hydroxylation is 1. The van der Waals surface area contributed by atoms with E-state index in [9.17, 15) is 4.79 Å². The summed E-state index contributed by atoms with van der Waals surface area (Å²) >= 11 is 25.6. The average molecular weight is 589 g/mol. The zero-order chi connectivity index (χ0) is 26.1. The molecule has 11 heteroatoms. The van der Waals surface area contributed by atoms with Crippen molar-refractivity contribution in [2.75, 3.05) is 5.32 Å². The molecule has 2 heterocycles. The second kappa shape index (κ2) is 10.9. The van der Waals surface area contributed by atoms with Gasteiger partial charge in [-0.15, -0.1) is 21.5 Å². The summed E-state index contributed by atoms with van der Waals surface area (Å²) in [7, 11) is 0. The first-order chi connectivity index (χ1) is 17.8. The number of unbranched alkanes of at least 4 members (excludes halogenated alkanes) is 1. The normalized spacial score (nSPS) is 11.2. The van der Waals surface area contributed by atoms with Crippen LogP contribution in [-0.4, -0.2) is 26.0 Å². The van der Waals surface area contributed by atoms with Gasteiger partial charge in [-0.1, -0.05) is 66.3 Å². The van der Waals surface area contributed by atoms with Crippen molar-refractivity contribution in [3.63, 3.8) is 0 Å². The molecule has 6 nitrogen and oxygen atoms in total. The van der Waals surface area contributed by atoms with Gasteiger partial charge in [0.2, 0.25) is 0 Å². The van der Waals surface area contributed by atoms with Gasteiger partial charge in [0.1, 0.15) is 15.9 Å². The van der Waals surface area contributed by atoms with Gasteiger partial charge < -0.3 is 5.32 Å². The quantitative estimate of drug-likeness (QED) is 0.196. The van der Waals surface area contributed by atoms with E-state index in [1.54, 1.807) is 35.1 Å². The van der Waals surface area contributed by atoms with Crippen molar-refractivity contribution in [3.8, 4) is 5.69 Å². The summed E-state index contributed by atoms with van der Waals surface area (Å²) in [4.78, 5) is 14.8. The fourth-order valence-corrected chi connectivity index (χ4v) is 5.92. The molecule has 3 aromatic carbocycles. The van der Waals surface area contributed by atoms with Gasteiger partial charge in [0.05, 0.1) is 21.4 Å². The van der Waals surface area contributed by atoms with Gasteiger partial charge in [0, 0.05) is 15.1 Å². The van der Waals surface area contributed by atoms with E-state index >= 15 is 0 Å². The fraction of sp³-hybridized carbons (Fsp3) is 0.154. The Bertz CT molecular complexity index is 1650. The third kappa shape index (κ3) is 5.58. The van der Waals surface area contributed by atoms with Crippen LogP contribution in [0.15, 0.2) is 54.6 Å². The number of thiophene rings is 1. The lowest BCUT2D eigenvalue weighted by atomic mass is 10.1. The van der Waals surface area contributed by atoms with E-state index in [1.165, 1.54) is 16.9 Å². The molecule has 0 unspecified atom stereocenters. The number of hydrogen-bond acceptors (Lipinski definition) is 5. The number of amides is 1. The summed E-state index contributed by atoms with van der Waals surface area (Å²) < 4.78 is 0.814. The number of carbonyl (C=O) groups excluding carboxylic acids is 1. The summed E-state index contributed by atoms with van der Waals surface area (Å²) in [6.45, 7) is 2.18. The molecule has 0 aliphatic carbocycles. The second-order valence-corrected chi connectivity index (χ2v) is 11.1. The smallest absolute Gasteiger partial charge is 0.269 e. The van der Waals surface area contributed by atoms with Crippen LogP contribution in [0, 0.1) is 0 Å². The van der Waals surface area contributed by atoms with Gasteiger partial charge in [-0.2, -0.15) is 4.80 Å². The number of fused-ring (bicyclic) bond motifs is 2. The number of nitrogens with zero attached hydrogens (tertiary/aromatic N) is 3. The number of carbonyl (C=O) groups is 1. The number of benzene rings is 3. The second-order valence-electron chi connectivity index (χ2n) is 8.37. The van der Waals surface area contributed by atoms with Crippen LogP contribution in [-0.2, 0) is 6.42 Å². The zero-order valence-corrected chi connectivity index (χ0v) is 23.4. The molecule has 1 amide bonds. The molecule has 188 valence electrons. The lowest BCUT2D eigenvalue weighted by Crippen LogP contribution is -2.33. The molecule has 5 rings (SSSR count). The van der Waals surface area contributed by atoms with Crippen LogP contribution in [0.25, 0.3) is 26.8 Å². The molecule has 0 aliphatic rings. The van der Waals surface area contributed by atoms with E-state index in [0.29, 0.717) is 36.7 Å². The first kappa shape index (κ1) is 25.9. The molecule has 0 saturated carbocycles. The van der Waals surface area contributed by atoms with E-state index in [-0.39, 0.29) is 5.11 Å². The largest absolute Gasteiger partial charge is 0.331 e. The van der Waals surface area contributed by atoms with Crippen LogP contribution < -0.4 is 10.6 Å². The number of nitrogens with one attached hydrogen (secondary N) is 2. The van der Waals surface area contributed by atoms with Crippen LogP contribution in [0.3, 0.4) is 0 Å². The maximum Gasteiger partial charge on any atom is 0.269 e. The Morgan fingerprint density at radius 2 is 1.76 bits per heavy atom. The molecular formula is C26H20Cl3N5OS2. The van der Waals surface area contributed by atoms with Crippen molar-refractivity contribution < 1.29 is 4.79 Å². The van der Waals surface area contributed by atoms with Gasteiger partial charge in [-0.25, -0.2) is 0 Å². The topological polar surface area (TPSA) is 71.8 Å². The molecular weight excluding hydrogens is 569 g/mol. The molecule has 5 aromatic rings. The molecule has 0 bridgehead atoms. The van der Waals surface area contributed by atoms with Crippen molar-refractivity contribution in [3.05, 3.63) is 80.1 Å². The minimum Gasteiger partial charge on any atom is -0.331 e. The van der Waals surface area contributed by atoms with Gasteiger partial charge in [0.25, 0.3) is 5.91 Å². The van der Waals surface area contributed by atoms with E-state index in [4.69, 9.17) is 47.0 Å². The highest BCUT2D eigenvalue weighted by molar-refractivity contribution is 7.80. The standard InChI is InChI=1S/C26H20Cl3N5OS2/c1-2-3-4-14-5-8-16(9-6-14)34-32-20-12-18(28)19(13-21(20)33-34)30-26(36)31-25(35)24-23(29)17-10-7-15(27)11-22(17)37-24/h5-13H,2-4H2,1H3,(H2,30,31,35,36). The van der Waals surface area contributed by atoms with Crippen LogP contribution in [0.4, 0.5) is 5.69 Å². The first-order valence-electron chi connectivity index (χ1n) is 11.5. The minimum absolute atomic E-state index is 0.0767. The predicted molar refractivity (Wildman–Crippen MR) is 158 cm³/mol. The molecule has 0 aliphatic heterocycles. The molecule has 0 saturated heterocycles. The Morgan fingerprint density at radius 3 is 2.49 bits per heavy atom. The van der Waals surface area contributed by atoms with E-state index in [2.05, 4.69) is 39.9 Å². The van der Waals surface area contributed by atoms with Gasteiger partial charge in [0.15, 0.2) is 5.11 Å². The number of rotatable bonds is 6. The first-order valence-corrected chi connectivity index (χ1v) is 13.8. The van der Waals surface area contributed by atoms with Crippen molar-refractivity contribution >= 4 is 96.2 Å². The third-order valence-electron chi connectivity index (χ3n) is 5.73. The van der Waals surface area contributed by atoms with Crippen molar-refractivity contribution in [2.45, 2.75) is 26.2 Å². The number of aromatic nitrogens is 3. The van der Waals surface area contributed by atoms with E-state index < -0.39 is 5.91 Å². The van der Waals surface area contributed by atoms with E-state index in [1.807, 2.05) is 12.1 Å². The fourth-order valence-electron chi connectivity index (χ4n) is 3.82. The van der Waals surface area contributed by atoms with Crippen molar-refractivity contribution in [1.29, 1.82) is 0 Å². The van der Waals surface area contributed by atoms with Crippen LogP contribution >= 0.6 is 58.4 Å². The predicted octanol–water partition coefficient (Wildman–Crippen LogP) is 8.06. The van der Waals surface area contributed by atoms with Gasteiger partial charge in [-0.3, -0.25) is 10.1 Å². The Labute approximate surface area is 237 Å². The highest BCUT2D eigenvalue weighted by Crippen LogP contribution is 2.36. The Morgan fingerprint density at radius 1 is 1.03 bits per heavy atom. The van der Waals surface area contributed by atoms with Gasteiger partial charge in [-0.05, 0) is 67.0 Å². The number of thiocarbonyl (C=S) groups is 1. The van der Waals surface area contributed by atoms with Crippen LogP contribution in [0.5, 0.6) is 0 Å². The van der Waals surface area contributed by atoms with Crippen molar-refractivity contribution in [2.24, 2.45) is 0 Å². The molecule has 0 radical (unpaired) electrons. The highest BCUT2D eigenvalue weighted by Gasteiger charge is 2.19. The Hall–Kier alpha value is -2.75. The third-order valence-corrected chi connectivity index (χ3v) is 8.14. The monoisotopic (exact) mass is 587 g/mol. The van der Waals surface area contributed by atoms with Crippen LogP contribution in [0.1, 0.15) is 35.0 Å². The maximum atomic E-state index is 12.9. The lowest BCUT2D eigenvalue weighted by molar-refractivity contribution is 0.0982. The summed E-state index contributed by atoms with van der Waals surface area (Å²) in [6.07, 6.45) is 3.37. The molecule has 0 atom stereocenters. The Balaban J connectivity index is 1.32. The van der Waals surface area contributed by atoms with Crippen LogP contribution in [0.2, 0.25) is 15.1 Å². The molecule has 37 heavy (non-hydrogen) atoms. The highest BCUT2D eigenvalue weighted by atomic mass is 35.5. The Kier molecular flexibility index (Phi) is 7.65. The van der Waals surface area contributed by atoms with E-state index in [0.717, 1.165) is 35.0 Å². The van der Waals surface area contributed by atoms with Gasteiger partial charge >= 0.3 is 0 Å². The molecule has 2 aromatic heterocycles. The summed E-state index contributed by atoms with van der Waals surface area (Å²) in [5.41, 5.74) is 3.90.